The molecular weight excluding hydrogens is 611 g/mol. The van der Waals surface area contributed by atoms with Gasteiger partial charge >= 0.3 is 6.18 Å². The maximum atomic E-state index is 13.0. The zero-order valence-corrected chi connectivity index (χ0v) is 27.5. The number of anilines is 1. The number of aryl methyl sites for hydroxylation is 2. The third-order valence-electron chi connectivity index (χ3n) is 9.41. The van der Waals surface area contributed by atoms with Gasteiger partial charge < -0.3 is 14.8 Å². The van der Waals surface area contributed by atoms with Crippen molar-refractivity contribution in [2.75, 3.05) is 45.1 Å². The molecule has 3 aromatic heterocycles. The first-order valence-corrected chi connectivity index (χ1v) is 16.9. The molecular formula is C33H42F3N9S. The summed E-state index contributed by atoms with van der Waals surface area (Å²) < 4.78 is 41.2. The van der Waals surface area contributed by atoms with E-state index in [-0.39, 0.29) is 10.9 Å². The van der Waals surface area contributed by atoms with E-state index in [9.17, 15) is 18.4 Å². The summed E-state index contributed by atoms with van der Waals surface area (Å²) in [6.07, 6.45) is -1.17. The van der Waals surface area contributed by atoms with Crippen molar-refractivity contribution in [1.82, 2.24) is 35.2 Å². The van der Waals surface area contributed by atoms with Crippen LogP contribution in [-0.2, 0) is 19.5 Å². The number of benzene rings is 1. The van der Waals surface area contributed by atoms with Crippen LogP contribution in [-0.4, -0.2) is 82.4 Å². The molecule has 2 saturated heterocycles. The summed E-state index contributed by atoms with van der Waals surface area (Å²) in [7, 11) is 1.91. The van der Waals surface area contributed by atoms with Gasteiger partial charge in [0.1, 0.15) is 28.2 Å². The fraction of sp³-hybridized carbons (Fsp3) is 0.545. The third kappa shape index (κ3) is 7.47. The molecule has 2 aliphatic rings. The van der Waals surface area contributed by atoms with Crippen LogP contribution >= 0.6 is 11.3 Å². The average Bonchev–Trinajstić information content (AvgIpc) is 3.59. The highest BCUT2D eigenvalue weighted by Gasteiger charge is 2.29. The average molecular weight is 654 g/mol. The van der Waals surface area contributed by atoms with Gasteiger partial charge in [0.05, 0.1) is 11.8 Å². The SMILES string of the molecule is CNNC1CCN(CCn2c(C#N)cc3c(C)c(CN4CCC(Nc5nc(C)nc6sc(CC(F)(F)F)cc56)CC4)ccc32)CC1. The van der Waals surface area contributed by atoms with Crippen LogP contribution in [0.25, 0.3) is 21.1 Å². The van der Waals surface area contributed by atoms with Crippen LogP contribution in [0.5, 0.6) is 0 Å². The molecule has 3 N–H and O–H groups in total. The quantitative estimate of drug-likeness (QED) is 0.193. The smallest absolute Gasteiger partial charge is 0.367 e. The van der Waals surface area contributed by atoms with E-state index < -0.39 is 12.6 Å². The minimum atomic E-state index is -4.25. The molecule has 2 fully saturated rings. The van der Waals surface area contributed by atoms with E-state index in [4.69, 9.17) is 0 Å². The van der Waals surface area contributed by atoms with E-state index in [1.54, 1.807) is 13.0 Å². The normalized spacial score (nSPS) is 17.7. The number of thiophene rings is 1. The molecule has 246 valence electrons. The molecule has 2 aliphatic heterocycles. The van der Waals surface area contributed by atoms with E-state index in [1.165, 1.54) is 11.1 Å². The second kappa shape index (κ2) is 13.8. The minimum absolute atomic E-state index is 0.181. The van der Waals surface area contributed by atoms with Crippen molar-refractivity contribution in [3.63, 3.8) is 0 Å². The van der Waals surface area contributed by atoms with E-state index in [2.05, 4.69) is 65.6 Å². The summed E-state index contributed by atoms with van der Waals surface area (Å²) in [6, 6.07) is 11.1. The molecule has 0 radical (unpaired) electrons. The summed E-state index contributed by atoms with van der Waals surface area (Å²) in [5.74, 6) is 1.18. The zero-order chi connectivity index (χ0) is 32.4. The molecule has 4 aromatic rings. The monoisotopic (exact) mass is 653 g/mol. The van der Waals surface area contributed by atoms with Gasteiger partial charge in [0.2, 0.25) is 0 Å². The molecule has 1 aromatic carbocycles. The zero-order valence-electron chi connectivity index (χ0n) is 26.7. The number of piperidine rings is 2. The molecule has 46 heavy (non-hydrogen) atoms. The van der Waals surface area contributed by atoms with Crippen molar-refractivity contribution >= 4 is 38.3 Å². The fourth-order valence-corrected chi connectivity index (χ4v) is 8.02. The number of hydrazine groups is 1. The minimum Gasteiger partial charge on any atom is -0.367 e. The molecule has 0 unspecified atom stereocenters. The van der Waals surface area contributed by atoms with Crippen LogP contribution in [0.4, 0.5) is 19.0 Å². The van der Waals surface area contributed by atoms with E-state index >= 15 is 0 Å². The van der Waals surface area contributed by atoms with Crippen molar-refractivity contribution in [3.05, 3.63) is 51.8 Å². The topological polar surface area (TPSA) is 97.1 Å². The van der Waals surface area contributed by atoms with Gasteiger partial charge in [0.15, 0.2) is 0 Å². The number of aromatic nitrogens is 3. The molecule has 9 nitrogen and oxygen atoms in total. The number of likely N-dealkylation sites (tertiary alicyclic amines) is 2. The first-order valence-electron chi connectivity index (χ1n) is 16.1. The number of alkyl halides is 3. The standard InChI is InChI=1S/C33H42F3N9S/c1-21-23(4-5-30-28(21)16-26(19-37)45(30)15-14-43-10-8-25(9-11-43)42-38-3)20-44-12-6-24(7-13-44)41-31-29-17-27(18-33(34,35)36)46-32(29)40-22(2)39-31/h4-5,16-17,24-25,38,42H,6-15,18,20H2,1-3H3,(H,39,40,41). The second-order valence-electron chi connectivity index (χ2n) is 12.6. The first-order chi connectivity index (χ1) is 22.1. The molecule has 5 heterocycles. The molecule has 0 spiro atoms. The van der Waals surface area contributed by atoms with Gasteiger partial charge in [0, 0.05) is 60.6 Å². The van der Waals surface area contributed by atoms with E-state index in [0.29, 0.717) is 33.6 Å². The van der Waals surface area contributed by atoms with Crippen LogP contribution in [0.2, 0.25) is 0 Å². The lowest BCUT2D eigenvalue weighted by Gasteiger charge is -2.33. The van der Waals surface area contributed by atoms with Crippen LogP contribution in [0.15, 0.2) is 24.3 Å². The largest absolute Gasteiger partial charge is 0.393 e. The Morgan fingerprint density at radius 3 is 2.37 bits per heavy atom. The van der Waals surface area contributed by atoms with E-state index in [0.717, 1.165) is 93.7 Å². The van der Waals surface area contributed by atoms with Crippen LogP contribution in [0, 0.1) is 25.2 Å². The van der Waals surface area contributed by atoms with Crippen LogP contribution in [0.3, 0.4) is 0 Å². The van der Waals surface area contributed by atoms with Crippen molar-refractivity contribution < 1.29 is 13.2 Å². The van der Waals surface area contributed by atoms with Crippen molar-refractivity contribution in [3.8, 4) is 6.07 Å². The molecule has 0 aliphatic carbocycles. The molecule has 6 rings (SSSR count). The van der Waals surface area contributed by atoms with Gasteiger partial charge in [-0.3, -0.25) is 15.8 Å². The number of nitrogens with zero attached hydrogens (tertiary/aromatic N) is 6. The number of hydrogen-bond acceptors (Lipinski definition) is 9. The van der Waals surface area contributed by atoms with Gasteiger partial charge in [-0.25, -0.2) is 9.97 Å². The van der Waals surface area contributed by atoms with Gasteiger partial charge in [-0.05, 0) is 89.0 Å². The maximum absolute atomic E-state index is 13.0. The number of fused-ring (bicyclic) bond motifs is 2. The lowest BCUT2D eigenvalue weighted by atomic mass is 10.0. The Bertz CT molecular complexity index is 1710. The Balaban J connectivity index is 1.07. The van der Waals surface area contributed by atoms with Crippen molar-refractivity contribution in [1.29, 1.82) is 5.26 Å². The van der Waals surface area contributed by atoms with Gasteiger partial charge in [-0.15, -0.1) is 11.3 Å². The lowest BCUT2D eigenvalue weighted by molar-refractivity contribution is -0.126. The highest BCUT2D eigenvalue weighted by Crippen LogP contribution is 2.34. The van der Waals surface area contributed by atoms with Gasteiger partial charge in [-0.2, -0.15) is 18.4 Å². The summed E-state index contributed by atoms with van der Waals surface area (Å²) in [4.78, 5) is 14.7. The molecule has 13 heteroatoms. The third-order valence-corrected chi connectivity index (χ3v) is 10.4. The van der Waals surface area contributed by atoms with Crippen molar-refractivity contribution in [2.24, 2.45) is 0 Å². The van der Waals surface area contributed by atoms with Crippen LogP contribution in [0.1, 0.15) is 53.2 Å². The highest BCUT2D eigenvalue weighted by atomic mass is 32.1. The number of rotatable bonds is 10. The summed E-state index contributed by atoms with van der Waals surface area (Å²) >= 11 is 1.09. The Morgan fingerprint density at radius 1 is 0.957 bits per heavy atom. The summed E-state index contributed by atoms with van der Waals surface area (Å²) in [5.41, 5.74) is 10.7. The molecule has 0 saturated carbocycles. The fourth-order valence-electron chi connectivity index (χ4n) is 6.92. The van der Waals surface area contributed by atoms with E-state index in [1.807, 2.05) is 13.1 Å². The Morgan fingerprint density at radius 2 is 1.67 bits per heavy atom. The number of nitriles is 1. The predicted molar refractivity (Wildman–Crippen MR) is 177 cm³/mol. The predicted octanol–water partition coefficient (Wildman–Crippen LogP) is 5.50. The molecule has 0 atom stereocenters. The summed E-state index contributed by atoms with van der Waals surface area (Å²) in [6.45, 7) is 10.4. The molecule has 0 amide bonds. The summed E-state index contributed by atoms with van der Waals surface area (Å²) in [5, 5.41) is 15.3. The Kier molecular flexibility index (Phi) is 9.82. The number of hydrogen-bond donors (Lipinski definition) is 3. The van der Waals surface area contributed by atoms with Gasteiger partial charge in [0.25, 0.3) is 0 Å². The molecule has 0 bridgehead atoms. The highest BCUT2D eigenvalue weighted by molar-refractivity contribution is 7.18. The van der Waals surface area contributed by atoms with Gasteiger partial charge in [-0.1, -0.05) is 6.07 Å². The van der Waals surface area contributed by atoms with Crippen LogP contribution < -0.4 is 16.2 Å². The Hall–Kier alpha value is -3.28. The Labute approximate surface area is 271 Å². The number of halogens is 3. The second-order valence-corrected chi connectivity index (χ2v) is 13.7. The van der Waals surface area contributed by atoms with Crippen molar-refractivity contribution in [2.45, 2.75) is 77.3 Å². The lowest BCUT2D eigenvalue weighted by Crippen LogP contribution is -2.47. The first kappa shape index (κ1) is 32.7. The number of nitrogens with one attached hydrogen (secondary N) is 3. The maximum Gasteiger partial charge on any atom is 0.393 e.